The van der Waals surface area contributed by atoms with Crippen LogP contribution in [0.5, 0.6) is 5.75 Å². The number of halogens is 2. The minimum Gasteiger partial charge on any atom is -0.491 e. The normalized spacial score (nSPS) is 14.0. The Balaban J connectivity index is 0.000000618. The predicted molar refractivity (Wildman–Crippen MR) is 108 cm³/mol. The summed E-state index contributed by atoms with van der Waals surface area (Å²) in [6.07, 6.45) is 2.08. The van der Waals surface area contributed by atoms with Gasteiger partial charge < -0.3 is 14.2 Å². The van der Waals surface area contributed by atoms with Gasteiger partial charge in [-0.25, -0.2) is 4.39 Å². The van der Waals surface area contributed by atoms with Crippen LogP contribution in [0.4, 0.5) is 8.78 Å². The standard InChI is InChI=1S/C14H16F2O2.C6H14O2.C2H4/c1-2-18-12-8-7-11(13(15)14(12)16)9-3-5-10(17)6-4-9;1-4-7-6(3)8-5-2;1-2/h7-9H,2-6H2,1H3;6H,4-5H2,1-3H3;1-2H2. The predicted octanol–water partition coefficient (Wildman–Crippen LogP) is 5.80. The lowest BCUT2D eigenvalue weighted by Gasteiger charge is -2.22. The number of hydrogen-bond acceptors (Lipinski definition) is 4. The first-order valence-corrected chi connectivity index (χ1v) is 9.80. The van der Waals surface area contributed by atoms with Crippen molar-refractivity contribution in [1.82, 2.24) is 0 Å². The molecule has 1 aliphatic carbocycles. The van der Waals surface area contributed by atoms with Crippen LogP contribution in [0.25, 0.3) is 0 Å². The molecule has 0 heterocycles. The van der Waals surface area contributed by atoms with Crippen LogP contribution >= 0.6 is 0 Å². The van der Waals surface area contributed by atoms with Crippen LogP contribution < -0.4 is 4.74 Å². The minimum atomic E-state index is -0.925. The third kappa shape index (κ3) is 8.93. The zero-order chi connectivity index (χ0) is 21.5. The van der Waals surface area contributed by atoms with E-state index in [4.69, 9.17) is 14.2 Å². The molecule has 0 aliphatic heterocycles. The molecule has 4 nitrogen and oxygen atoms in total. The van der Waals surface area contributed by atoms with E-state index in [1.165, 1.54) is 6.07 Å². The highest BCUT2D eigenvalue weighted by atomic mass is 19.2. The Bertz CT molecular complexity index is 562. The van der Waals surface area contributed by atoms with Gasteiger partial charge in [0.25, 0.3) is 0 Å². The molecule has 28 heavy (non-hydrogen) atoms. The third-order valence-electron chi connectivity index (χ3n) is 4.16. The first-order chi connectivity index (χ1) is 13.4. The highest BCUT2D eigenvalue weighted by molar-refractivity contribution is 5.79. The van der Waals surface area contributed by atoms with E-state index >= 15 is 0 Å². The lowest BCUT2D eigenvalue weighted by molar-refractivity contribution is -0.123. The van der Waals surface area contributed by atoms with Gasteiger partial charge in [-0.05, 0) is 58.1 Å². The zero-order valence-corrected chi connectivity index (χ0v) is 17.6. The fraction of sp³-hybridized carbons (Fsp3) is 0.591. The average molecular weight is 401 g/mol. The van der Waals surface area contributed by atoms with Crippen LogP contribution in [0.3, 0.4) is 0 Å². The molecule has 0 spiro atoms. The van der Waals surface area contributed by atoms with Crippen molar-refractivity contribution in [3.63, 3.8) is 0 Å². The summed E-state index contributed by atoms with van der Waals surface area (Å²) in [5, 5.41) is 0. The summed E-state index contributed by atoms with van der Waals surface area (Å²) < 4.78 is 42.8. The van der Waals surface area contributed by atoms with Crippen LogP contribution in [0.15, 0.2) is 25.3 Å². The fourth-order valence-electron chi connectivity index (χ4n) is 2.90. The molecule has 160 valence electrons. The Labute approximate surface area is 167 Å². The first-order valence-electron chi connectivity index (χ1n) is 9.80. The molecule has 0 unspecified atom stereocenters. The third-order valence-corrected chi connectivity index (χ3v) is 4.16. The van der Waals surface area contributed by atoms with E-state index in [9.17, 15) is 13.6 Å². The smallest absolute Gasteiger partial charge is 0.200 e. The van der Waals surface area contributed by atoms with Crippen LogP contribution in [-0.2, 0) is 14.3 Å². The van der Waals surface area contributed by atoms with Crippen molar-refractivity contribution in [2.45, 2.75) is 65.6 Å². The van der Waals surface area contributed by atoms with E-state index in [2.05, 4.69) is 13.2 Å². The zero-order valence-electron chi connectivity index (χ0n) is 17.6. The number of carbonyl (C=O) groups is 1. The highest BCUT2D eigenvalue weighted by Gasteiger charge is 2.25. The molecule has 0 saturated heterocycles. The fourth-order valence-corrected chi connectivity index (χ4v) is 2.90. The Morgan fingerprint density at radius 1 is 1.00 bits per heavy atom. The van der Waals surface area contributed by atoms with E-state index in [1.54, 1.807) is 13.0 Å². The van der Waals surface area contributed by atoms with Crippen molar-refractivity contribution >= 4 is 5.78 Å². The van der Waals surface area contributed by atoms with Crippen molar-refractivity contribution in [3.05, 3.63) is 42.5 Å². The minimum absolute atomic E-state index is 0.0370. The molecule has 1 saturated carbocycles. The molecule has 2 rings (SSSR count). The maximum Gasteiger partial charge on any atom is 0.200 e. The molecule has 6 heteroatoms. The van der Waals surface area contributed by atoms with Gasteiger partial charge in [-0.15, -0.1) is 13.2 Å². The number of carbonyl (C=O) groups excluding carboxylic acids is 1. The summed E-state index contributed by atoms with van der Waals surface area (Å²) in [4.78, 5) is 11.1. The van der Waals surface area contributed by atoms with Crippen molar-refractivity contribution < 1.29 is 27.8 Å². The Morgan fingerprint density at radius 3 is 2.00 bits per heavy atom. The van der Waals surface area contributed by atoms with Crippen LogP contribution in [0, 0.1) is 11.6 Å². The summed E-state index contributed by atoms with van der Waals surface area (Å²) in [6.45, 7) is 15.3. The Kier molecular flexibility index (Phi) is 14.2. The summed E-state index contributed by atoms with van der Waals surface area (Å²) in [6, 6.07) is 3.04. The van der Waals surface area contributed by atoms with Gasteiger partial charge >= 0.3 is 0 Å². The molecule has 1 aliphatic rings. The van der Waals surface area contributed by atoms with Gasteiger partial charge in [-0.1, -0.05) is 6.07 Å². The van der Waals surface area contributed by atoms with Gasteiger partial charge in [-0.3, -0.25) is 4.79 Å². The van der Waals surface area contributed by atoms with Crippen LogP contribution in [0.1, 0.15) is 64.9 Å². The largest absolute Gasteiger partial charge is 0.491 e. The molecule has 0 aromatic heterocycles. The second kappa shape index (κ2) is 15.2. The number of Topliss-reactive ketones (excluding diaryl/α,β-unsaturated/α-hetero) is 1. The van der Waals surface area contributed by atoms with Crippen molar-refractivity contribution in [2.75, 3.05) is 19.8 Å². The van der Waals surface area contributed by atoms with Crippen molar-refractivity contribution in [3.8, 4) is 5.75 Å². The van der Waals surface area contributed by atoms with Crippen LogP contribution in [0.2, 0.25) is 0 Å². The van der Waals surface area contributed by atoms with Gasteiger partial charge in [0.2, 0.25) is 5.82 Å². The maximum absolute atomic E-state index is 13.9. The number of rotatable bonds is 7. The topological polar surface area (TPSA) is 44.8 Å². The molecule has 0 radical (unpaired) electrons. The second-order valence-corrected chi connectivity index (χ2v) is 6.01. The van der Waals surface area contributed by atoms with Gasteiger partial charge in [0.15, 0.2) is 17.9 Å². The van der Waals surface area contributed by atoms with Gasteiger partial charge in [0, 0.05) is 26.1 Å². The first kappa shape index (κ1) is 26.2. The molecule has 0 bridgehead atoms. The Hall–Kier alpha value is -1.79. The molecule has 0 atom stereocenters. The maximum atomic E-state index is 13.9. The van der Waals surface area contributed by atoms with E-state index in [1.807, 2.05) is 20.8 Å². The van der Waals surface area contributed by atoms with E-state index in [-0.39, 0.29) is 23.7 Å². The Morgan fingerprint density at radius 2 is 1.54 bits per heavy atom. The number of benzene rings is 1. The summed E-state index contributed by atoms with van der Waals surface area (Å²) in [7, 11) is 0. The monoisotopic (exact) mass is 400 g/mol. The molecular weight excluding hydrogens is 366 g/mol. The van der Waals surface area contributed by atoms with E-state index in [0.29, 0.717) is 37.9 Å². The van der Waals surface area contributed by atoms with Gasteiger partial charge in [-0.2, -0.15) is 4.39 Å². The van der Waals surface area contributed by atoms with Crippen LogP contribution in [-0.4, -0.2) is 31.9 Å². The highest BCUT2D eigenvalue weighted by Crippen LogP contribution is 2.35. The molecule has 1 aromatic carbocycles. The molecule has 1 fully saturated rings. The molecule has 1 aromatic rings. The van der Waals surface area contributed by atoms with E-state index in [0.717, 1.165) is 13.2 Å². The summed E-state index contributed by atoms with van der Waals surface area (Å²) in [5.74, 6) is -1.66. The lowest BCUT2D eigenvalue weighted by Crippen LogP contribution is -2.14. The lowest BCUT2D eigenvalue weighted by atomic mass is 9.83. The van der Waals surface area contributed by atoms with Gasteiger partial charge in [0.05, 0.1) is 6.61 Å². The molecular formula is C22H34F2O4. The van der Waals surface area contributed by atoms with Crippen molar-refractivity contribution in [1.29, 1.82) is 0 Å². The number of ketones is 1. The summed E-state index contributed by atoms with van der Waals surface area (Å²) >= 11 is 0. The quantitative estimate of drug-likeness (QED) is 0.429. The van der Waals surface area contributed by atoms with E-state index < -0.39 is 11.6 Å². The summed E-state index contributed by atoms with van der Waals surface area (Å²) in [5.41, 5.74) is 0.364. The average Bonchev–Trinajstić information content (AvgIpc) is 2.69. The van der Waals surface area contributed by atoms with Crippen molar-refractivity contribution in [2.24, 2.45) is 0 Å². The van der Waals surface area contributed by atoms with Gasteiger partial charge in [0.1, 0.15) is 5.78 Å². The molecule has 0 amide bonds. The SMILES string of the molecule is C=C.CCOC(C)OCC.CCOc1ccc(C2CCC(=O)CC2)c(F)c1F. The number of hydrogen-bond donors (Lipinski definition) is 0. The number of ether oxygens (including phenoxy) is 3. The second-order valence-electron chi connectivity index (χ2n) is 6.01. The molecule has 0 N–H and O–H groups in total.